The Balaban J connectivity index is 1.36. The quantitative estimate of drug-likeness (QED) is 0.179. The predicted molar refractivity (Wildman–Crippen MR) is 148 cm³/mol. The summed E-state index contributed by atoms with van der Waals surface area (Å²) in [5.41, 5.74) is 6.33. The summed E-state index contributed by atoms with van der Waals surface area (Å²) in [6, 6.07) is 25.6. The predicted octanol–water partition coefficient (Wildman–Crippen LogP) is 7.35. The van der Waals surface area contributed by atoms with E-state index in [2.05, 4.69) is 20.7 Å². The molecule has 0 saturated heterocycles. The van der Waals surface area contributed by atoms with Crippen LogP contribution in [0, 0.1) is 13.8 Å². The van der Waals surface area contributed by atoms with Crippen LogP contribution in [0.15, 0.2) is 106 Å². The lowest BCUT2D eigenvalue weighted by atomic mass is 9.83. The van der Waals surface area contributed by atoms with Crippen LogP contribution < -0.4 is 10.0 Å². The van der Waals surface area contributed by atoms with E-state index < -0.39 is 0 Å². The highest BCUT2D eigenvalue weighted by atomic mass is 16.1. The van der Waals surface area contributed by atoms with Gasteiger partial charge in [0.1, 0.15) is 0 Å². The van der Waals surface area contributed by atoms with Gasteiger partial charge < -0.3 is 0 Å². The van der Waals surface area contributed by atoms with Crippen molar-refractivity contribution in [2.45, 2.75) is 13.8 Å². The van der Waals surface area contributed by atoms with E-state index in [9.17, 15) is 9.59 Å². The molecule has 1 aliphatic rings. The number of fused-ring (bicyclic) bond motifs is 2. The molecule has 0 N–H and O–H groups in total. The summed E-state index contributed by atoms with van der Waals surface area (Å²) in [7, 11) is 3.59. The summed E-state index contributed by atoms with van der Waals surface area (Å²) < 4.78 is 0. The van der Waals surface area contributed by atoms with Gasteiger partial charge in [-0.3, -0.25) is 9.59 Å². The highest BCUT2D eigenvalue weighted by Crippen LogP contribution is 2.32. The maximum Gasteiger partial charge on any atom is 0.194 e. The lowest BCUT2D eigenvalue weighted by molar-refractivity contribution is 0.0979. The van der Waals surface area contributed by atoms with Crippen molar-refractivity contribution < 1.29 is 9.59 Å². The lowest BCUT2D eigenvalue weighted by Crippen LogP contribution is -2.20. The first kappa shape index (κ1) is 24.7. The summed E-state index contributed by atoms with van der Waals surface area (Å²) in [4.78, 5) is 26.6. The van der Waals surface area contributed by atoms with Gasteiger partial charge in [-0.25, -0.2) is 10.0 Å². The summed E-state index contributed by atoms with van der Waals surface area (Å²) in [5.74, 6) is -0.474. The van der Waals surface area contributed by atoms with Crippen molar-refractivity contribution in [2.75, 3.05) is 24.1 Å². The number of anilines is 2. The molecular formula is C30H26N6O2. The van der Waals surface area contributed by atoms with Gasteiger partial charge in [0.2, 0.25) is 0 Å². The fraction of sp³-hybridized carbons (Fsp3) is 0.133. The van der Waals surface area contributed by atoms with Crippen LogP contribution in [0.4, 0.5) is 22.7 Å². The van der Waals surface area contributed by atoms with Gasteiger partial charge in [-0.05, 0) is 74.5 Å². The van der Waals surface area contributed by atoms with E-state index in [4.69, 9.17) is 0 Å². The molecule has 4 aromatic carbocycles. The third-order valence-corrected chi connectivity index (χ3v) is 6.39. The van der Waals surface area contributed by atoms with Crippen LogP contribution >= 0.6 is 0 Å². The van der Waals surface area contributed by atoms with Gasteiger partial charge in [0, 0.05) is 36.3 Å². The molecule has 0 heterocycles. The molecule has 0 amide bonds. The molecule has 8 nitrogen and oxygen atoms in total. The van der Waals surface area contributed by atoms with E-state index in [1.54, 1.807) is 60.5 Å². The molecular weight excluding hydrogens is 476 g/mol. The maximum absolute atomic E-state index is 13.3. The van der Waals surface area contributed by atoms with Gasteiger partial charge in [0.05, 0.1) is 22.7 Å². The van der Waals surface area contributed by atoms with Crippen LogP contribution in [0.5, 0.6) is 0 Å². The first-order chi connectivity index (χ1) is 18.3. The zero-order valence-electron chi connectivity index (χ0n) is 21.6. The molecule has 0 bridgehead atoms. The Morgan fingerprint density at radius 1 is 0.500 bits per heavy atom. The van der Waals surface area contributed by atoms with Crippen molar-refractivity contribution in [1.82, 2.24) is 0 Å². The largest absolute Gasteiger partial charge is 0.289 e. The zero-order valence-corrected chi connectivity index (χ0v) is 21.6. The zero-order chi connectivity index (χ0) is 26.8. The minimum absolute atomic E-state index is 0.237. The molecule has 0 aromatic heterocycles. The van der Waals surface area contributed by atoms with E-state index in [0.29, 0.717) is 33.6 Å². The van der Waals surface area contributed by atoms with Gasteiger partial charge in [-0.1, -0.05) is 45.8 Å². The third-order valence-electron chi connectivity index (χ3n) is 6.39. The van der Waals surface area contributed by atoms with Crippen LogP contribution in [0.25, 0.3) is 0 Å². The Morgan fingerprint density at radius 2 is 0.868 bits per heavy atom. The number of rotatable bonds is 6. The van der Waals surface area contributed by atoms with E-state index in [1.165, 1.54) is 0 Å². The molecule has 1 aliphatic carbocycles. The number of benzene rings is 4. The van der Waals surface area contributed by atoms with Crippen LogP contribution in [0.1, 0.15) is 43.0 Å². The molecule has 4 aromatic rings. The van der Waals surface area contributed by atoms with Crippen molar-refractivity contribution in [3.05, 3.63) is 118 Å². The highest BCUT2D eigenvalue weighted by Gasteiger charge is 2.30. The Kier molecular flexibility index (Phi) is 6.62. The topological polar surface area (TPSA) is 90.1 Å². The van der Waals surface area contributed by atoms with Gasteiger partial charge in [-0.2, -0.15) is 0 Å². The second-order valence-corrected chi connectivity index (χ2v) is 9.22. The molecule has 188 valence electrons. The summed E-state index contributed by atoms with van der Waals surface area (Å²) in [5, 5.41) is 20.3. The number of hydrogen-bond acceptors (Lipinski definition) is 6. The molecule has 5 rings (SSSR count). The summed E-state index contributed by atoms with van der Waals surface area (Å²) in [6.07, 6.45) is 0. The number of carbonyl (C=O) groups excluding carboxylic acids is 2. The number of hydrogen-bond donors (Lipinski definition) is 0. The number of carbonyl (C=O) groups is 2. The smallest absolute Gasteiger partial charge is 0.194 e. The summed E-state index contributed by atoms with van der Waals surface area (Å²) >= 11 is 0. The fourth-order valence-electron chi connectivity index (χ4n) is 4.11. The van der Waals surface area contributed by atoms with Gasteiger partial charge in [0.25, 0.3) is 0 Å². The lowest BCUT2D eigenvalue weighted by Gasteiger charge is -2.18. The monoisotopic (exact) mass is 502 g/mol. The van der Waals surface area contributed by atoms with Gasteiger partial charge in [0.15, 0.2) is 11.6 Å². The maximum atomic E-state index is 13.3. The van der Waals surface area contributed by atoms with E-state index in [0.717, 1.165) is 22.5 Å². The molecule has 0 atom stereocenters. The van der Waals surface area contributed by atoms with Crippen LogP contribution in [0.2, 0.25) is 0 Å². The second kappa shape index (κ2) is 10.2. The number of ketones is 2. The van der Waals surface area contributed by atoms with Crippen molar-refractivity contribution in [3.63, 3.8) is 0 Å². The molecule has 0 fully saturated rings. The number of aryl methyl sites for hydroxylation is 2. The third kappa shape index (κ3) is 4.97. The van der Waals surface area contributed by atoms with Crippen LogP contribution in [-0.4, -0.2) is 25.7 Å². The molecule has 0 unspecified atom stereocenters. The number of nitrogens with zero attached hydrogens (tertiary/aromatic N) is 6. The molecule has 0 saturated carbocycles. The Labute approximate surface area is 220 Å². The van der Waals surface area contributed by atoms with E-state index in [1.807, 2.05) is 62.4 Å². The Morgan fingerprint density at radius 3 is 1.24 bits per heavy atom. The summed E-state index contributed by atoms with van der Waals surface area (Å²) in [6.45, 7) is 4.04. The molecule has 0 radical (unpaired) electrons. The first-order valence-electron chi connectivity index (χ1n) is 12.1. The fourth-order valence-corrected chi connectivity index (χ4v) is 4.11. The molecule has 0 aliphatic heterocycles. The Bertz CT molecular complexity index is 1470. The van der Waals surface area contributed by atoms with Gasteiger partial charge >= 0.3 is 0 Å². The van der Waals surface area contributed by atoms with Crippen LogP contribution in [0.3, 0.4) is 0 Å². The van der Waals surface area contributed by atoms with Crippen molar-refractivity contribution in [2.24, 2.45) is 20.7 Å². The SMILES string of the molecule is Cc1ccc(N(C)N=Nc2ccc3c(c2)C(=O)c2ccc(N=NN(C)c4ccc(C)cc4)cc2C3=O)cc1. The molecule has 38 heavy (non-hydrogen) atoms. The Hall–Kier alpha value is -4.98. The minimum Gasteiger partial charge on any atom is -0.289 e. The molecule has 0 spiro atoms. The van der Waals surface area contributed by atoms with Gasteiger partial charge in [-0.15, -0.1) is 10.2 Å². The normalized spacial score (nSPS) is 12.6. The van der Waals surface area contributed by atoms with Crippen molar-refractivity contribution in [1.29, 1.82) is 0 Å². The van der Waals surface area contributed by atoms with E-state index in [-0.39, 0.29) is 11.6 Å². The van der Waals surface area contributed by atoms with Crippen molar-refractivity contribution >= 4 is 34.3 Å². The second-order valence-electron chi connectivity index (χ2n) is 9.22. The average Bonchev–Trinajstić information content (AvgIpc) is 2.94. The average molecular weight is 503 g/mol. The van der Waals surface area contributed by atoms with E-state index >= 15 is 0 Å². The standard InChI is InChI=1S/C30H26N6O2/c1-19-5-11-23(12-6-19)35(3)33-31-21-9-15-25-27(17-21)29(37)26-16-10-22(18-28(26)30(25)38)32-34-36(4)24-13-7-20(2)8-14-24/h5-18H,1-4H3. The van der Waals surface area contributed by atoms with Crippen molar-refractivity contribution in [3.8, 4) is 0 Å². The minimum atomic E-state index is -0.237. The molecule has 8 heteroatoms. The van der Waals surface area contributed by atoms with Crippen LogP contribution in [-0.2, 0) is 0 Å². The highest BCUT2D eigenvalue weighted by molar-refractivity contribution is 6.28. The first-order valence-corrected chi connectivity index (χ1v) is 12.1.